The van der Waals surface area contributed by atoms with Crippen molar-refractivity contribution in [1.82, 2.24) is 9.78 Å². The minimum atomic E-state index is -0.761. The van der Waals surface area contributed by atoms with Gasteiger partial charge < -0.3 is 10.6 Å². The molecule has 10 heteroatoms. The first-order valence-corrected chi connectivity index (χ1v) is 9.36. The van der Waals surface area contributed by atoms with E-state index in [4.69, 9.17) is 0 Å². The van der Waals surface area contributed by atoms with Gasteiger partial charge in [0.2, 0.25) is 11.3 Å². The number of aryl methyl sites for hydroxylation is 1. The first-order chi connectivity index (χ1) is 14.8. The number of amides is 2. The Hall–Kier alpha value is -4.34. The molecular formula is C21H19N5O5. The van der Waals surface area contributed by atoms with Crippen LogP contribution in [0.3, 0.4) is 0 Å². The van der Waals surface area contributed by atoms with Crippen molar-refractivity contribution in [1.29, 1.82) is 0 Å². The fraction of sp³-hybridized carbons (Fsp3) is 0.143. The predicted octanol–water partition coefficient (Wildman–Crippen LogP) is 3.05. The Labute approximate surface area is 176 Å². The number of benzene rings is 2. The van der Waals surface area contributed by atoms with Gasteiger partial charge in [-0.3, -0.25) is 24.5 Å². The highest BCUT2D eigenvalue weighted by Crippen LogP contribution is 2.22. The van der Waals surface area contributed by atoms with Crippen molar-refractivity contribution in [2.45, 2.75) is 20.3 Å². The number of carbonyl (C=O) groups excluding carboxylic acids is 2. The maximum absolute atomic E-state index is 12.7. The van der Waals surface area contributed by atoms with E-state index in [2.05, 4.69) is 15.7 Å². The lowest BCUT2D eigenvalue weighted by molar-refractivity contribution is -0.384. The van der Waals surface area contributed by atoms with Crippen LogP contribution in [0.15, 0.2) is 59.4 Å². The summed E-state index contributed by atoms with van der Waals surface area (Å²) in [4.78, 5) is 47.3. The van der Waals surface area contributed by atoms with Gasteiger partial charge in [0.15, 0.2) is 5.69 Å². The van der Waals surface area contributed by atoms with Crippen molar-refractivity contribution in [3.63, 3.8) is 0 Å². The molecule has 0 aliphatic carbocycles. The van der Waals surface area contributed by atoms with Gasteiger partial charge in [-0.15, -0.1) is 0 Å². The molecule has 31 heavy (non-hydrogen) atoms. The maximum atomic E-state index is 12.7. The van der Waals surface area contributed by atoms with Crippen molar-refractivity contribution in [2.24, 2.45) is 0 Å². The highest BCUT2D eigenvalue weighted by atomic mass is 16.6. The Morgan fingerprint density at radius 1 is 1.06 bits per heavy atom. The van der Waals surface area contributed by atoms with Crippen LogP contribution in [0.2, 0.25) is 0 Å². The van der Waals surface area contributed by atoms with Crippen LogP contribution in [0.5, 0.6) is 0 Å². The van der Waals surface area contributed by atoms with Gasteiger partial charge in [0.05, 0.1) is 4.92 Å². The van der Waals surface area contributed by atoms with Gasteiger partial charge >= 0.3 is 0 Å². The molecule has 0 unspecified atom stereocenters. The van der Waals surface area contributed by atoms with Crippen LogP contribution in [0.4, 0.5) is 17.1 Å². The van der Waals surface area contributed by atoms with E-state index in [0.29, 0.717) is 23.5 Å². The molecule has 0 aliphatic heterocycles. The molecular weight excluding hydrogens is 402 g/mol. The molecule has 0 fully saturated rings. The lowest BCUT2D eigenvalue weighted by Gasteiger charge is -2.12. The van der Waals surface area contributed by atoms with Gasteiger partial charge in [0.25, 0.3) is 11.6 Å². The molecule has 2 amide bonds. The standard InChI is InChI=1S/C21H19N5O5/c1-3-19(28)22-14-8-10-15(11-9-14)23-21(29)20-18(27)12-13(2)25(24-20)16-6-4-5-7-17(16)26(30)31/h4-12H,3H2,1-2H3,(H,22,28)(H,23,29). The molecule has 0 radical (unpaired) electrons. The smallest absolute Gasteiger partial charge is 0.294 e. The van der Waals surface area contributed by atoms with Gasteiger partial charge in [-0.2, -0.15) is 5.10 Å². The van der Waals surface area contributed by atoms with Crippen molar-refractivity contribution in [3.05, 3.63) is 86.3 Å². The second kappa shape index (κ2) is 8.99. The average molecular weight is 421 g/mol. The van der Waals surface area contributed by atoms with E-state index >= 15 is 0 Å². The number of rotatable bonds is 6. The van der Waals surface area contributed by atoms with Crippen LogP contribution in [0, 0.1) is 17.0 Å². The number of anilines is 2. The molecule has 3 aromatic rings. The molecule has 1 aromatic heterocycles. The lowest BCUT2D eigenvalue weighted by atomic mass is 10.2. The van der Waals surface area contributed by atoms with E-state index < -0.39 is 22.0 Å². The monoisotopic (exact) mass is 421 g/mol. The fourth-order valence-electron chi connectivity index (χ4n) is 2.82. The first kappa shape index (κ1) is 21.4. The number of para-hydroxylation sites is 2. The van der Waals surface area contributed by atoms with Gasteiger partial charge in [-0.05, 0) is 37.3 Å². The summed E-state index contributed by atoms with van der Waals surface area (Å²) in [7, 11) is 0. The molecule has 0 saturated carbocycles. The van der Waals surface area contributed by atoms with E-state index in [1.165, 1.54) is 28.9 Å². The molecule has 2 N–H and O–H groups in total. The molecule has 0 saturated heterocycles. The van der Waals surface area contributed by atoms with E-state index in [1.807, 2.05) is 0 Å². The minimum absolute atomic E-state index is 0.134. The largest absolute Gasteiger partial charge is 0.326 e. The zero-order valence-electron chi connectivity index (χ0n) is 16.8. The van der Waals surface area contributed by atoms with Crippen molar-refractivity contribution < 1.29 is 14.5 Å². The molecule has 2 aromatic carbocycles. The number of carbonyl (C=O) groups is 2. The summed E-state index contributed by atoms with van der Waals surface area (Å²) in [6.07, 6.45) is 0.337. The van der Waals surface area contributed by atoms with E-state index in [0.717, 1.165) is 0 Å². The van der Waals surface area contributed by atoms with Crippen LogP contribution in [0.25, 0.3) is 5.69 Å². The highest BCUT2D eigenvalue weighted by molar-refractivity contribution is 6.03. The highest BCUT2D eigenvalue weighted by Gasteiger charge is 2.20. The first-order valence-electron chi connectivity index (χ1n) is 9.36. The van der Waals surface area contributed by atoms with Gasteiger partial charge in [0.1, 0.15) is 5.69 Å². The molecule has 3 rings (SSSR count). The molecule has 0 bridgehead atoms. The molecule has 158 valence electrons. The van der Waals surface area contributed by atoms with E-state index in [1.54, 1.807) is 44.2 Å². The van der Waals surface area contributed by atoms with Crippen LogP contribution < -0.4 is 16.1 Å². The maximum Gasteiger partial charge on any atom is 0.294 e. The summed E-state index contributed by atoms with van der Waals surface area (Å²) in [5, 5.41) is 20.7. The molecule has 1 heterocycles. The third-order valence-corrected chi connectivity index (χ3v) is 4.38. The van der Waals surface area contributed by atoms with E-state index in [9.17, 15) is 24.5 Å². The number of nitro groups is 1. The SMILES string of the molecule is CCC(=O)Nc1ccc(NC(=O)c2nn(-c3ccccc3[N+](=O)[O-])c(C)cc2=O)cc1. The Morgan fingerprint density at radius 2 is 1.68 bits per heavy atom. The third-order valence-electron chi connectivity index (χ3n) is 4.38. The van der Waals surface area contributed by atoms with Crippen molar-refractivity contribution in [3.8, 4) is 5.69 Å². The fourth-order valence-corrected chi connectivity index (χ4v) is 2.82. The Morgan fingerprint density at radius 3 is 2.29 bits per heavy atom. The second-order valence-electron chi connectivity index (χ2n) is 6.59. The molecule has 0 atom stereocenters. The molecule has 10 nitrogen and oxygen atoms in total. The van der Waals surface area contributed by atoms with Crippen molar-refractivity contribution in [2.75, 3.05) is 10.6 Å². The van der Waals surface area contributed by atoms with Crippen LogP contribution in [0.1, 0.15) is 29.5 Å². The number of nitrogens with one attached hydrogen (secondary N) is 2. The van der Waals surface area contributed by atoms with Crippen LogP contribution >= 0.6 is 0 Å². The summed E-state index contributed by atoms with van der Waals surface area (Å²) in [6.45, 7) is 3.30. The molecule has 0 spiro atoms. The average Bonchev–Trinajstić information content (AvgIpc) is 2.75. The Kier molecular flexibility index (Phi) is 6.20. The predicted molar refractivity (Wildman–Crippen MR) is 115 cm³/mol. The van der Waals surface area contributed by atoms with Gasteiger partial charge in [-0.1, -0.05) is 19.1 Å². The minimum Gasteiger partial charge on any atom is -0.326 e. The number of hydrogen-bond acceptors (Lipinski definition) is 6. The summed E-state index contributed by atoms with van der Waals surface area (Å²) >= 11 is 0. The van der Waals surface area contributed by atoms with Crippen LogP contribution in [-0.4, -0.2) is 26.5 Å². The zero-order valence-corrected chi connectivity index (χ0v) is 16.8. The normalized spacial score (nSPS) is 10.4. The van der Waals surface area contributed by atoms with Crippen molar-refractivity contribution >= 4 is 28.9 Å². The number of nitro benzene ring substituents is 1. The summed E-state index contributed by atoms with van der Waals surface area (Å²) in [6, 6.07) is 13.5. The van der Waals surface area contributed by atoms with Gasteiger partial charge in [0, 0.05) is 35.6 Å². The summed E-state index contributed by atoms with van der Waals surface area (Å²) in [5.74, 6) is -0.904. The number of nitrogens with zero attached hydrogens (tertiary/aromatic N) is 3. The summed E-state index contributed by atoms with van der Waals surface area (Å²) in [5.41, 5.74) is 0.194. The second-order valence-corrected chi connectivity index (χ2v) is 6.59. The summed E-state index contributed by atoms with van der Waals surface area (Å²) < 4.78 is 1.19. The quantitative estimate of drug-likeness (QED) is 0.464. The van der Waals surface area contributed by atoms with Gasteiger partial charge in [-0.25, -0.2) is 4.68 Å². The third kappa shape index (κ3) is 4.81. The number of aromatic nitrogens is 2. The van der Waals surface area contributed by atoms with E-state index in [-0.39, 0.29) is 17.3 Å². The Balaban J connectivity index is 1.91. The number of hydrogen-bond donors (Lipinski definition) is 2. The topological polar surface area (TPSA) is 136 Å². The molecule has 0 aliphatic rings. The Bertz CT molecular complexity index is 1220. The lowest BCUT2D eigenvalue weighted by Crippen LogP contribution is -2.27. The van der Waals surface area contributed by atoms with Crippen LogP contribution in [-0.2, 0) is 4.79 Å². The zero-order chi connectivity index (χ0) is 22.5.